The highest BCUT2D eigenvalue weighted by Gasteiger charge is 2.18. The number of anilines is 1. The van der Waals surface area contributed by atoms with E-state index in [0.717, 1.165) is 17.7 Å². The zero-order valence-electron chi connectivity index (χ0n) is 10.9. The number of hydrogen-bond acceptors (Lipinski definition) is 2. The second-order valence-corrected chi connectivity index (χ2v) is 5.28. The fraction of sp³-hybridized carbons (Fsp3) is 0.133. The summed E-state index contributed by atoms with van der Waals surface area (Å²) in [6, 6.07) is 8.72. The molecule has 110 valence electrons. The quantitative estimate of drug-likeness (QED) is 0.881. The van der Waals surface area contributed by atoms with Crippen molar-refractivity contribution in [1.82, 2.24) is 0 Å². The number of carbonyl (C=O) groups is 1. The molecule has 0 atom stereocenters. The first-order chi connectivity index (χ1) is 10.0. The first-order valence-corrected chi connectivity index (χ1v) is 6.96. The topological polar surface area (TPSA) is 49.3 Å². The van der Waals surface area contributed by atoms with Crippen molar-refractivity contribution in [2.24, 2.45) is 0 Å². The molecule has 0 bridgehead atoms. The van der Waals surface area contributed by atoms with Gasteiger partial charge in [0.15, 0.2) is 0 Å². The predicted octanol–water partition coefficient (Wildman–Crippen LogP) is 3.51. The summed E-state index contributed by atoms with van der Waals surface area (Å²) < 4.78 is 27.6. The molecule has 0 unspecified atom stereocenters. The van der Waals surface area contributed by atoms with Crippen LogP contribution < -0.4 is 5.32 Å². The minimum absolute atomic E-state index is 0.0288. The fourth-order valence-electron chi connectivity index (χ4n) is 1.84. The first-order valence-electron chi connectivity index (χ1n) is 6.17. The van der Waals surface area contributed by atoms with Gasteiger partial charge in [-0.2, -0.15) is 0 Å². The van der Waals surface area contributed by atoms with E-state index in [9.17, 15) is 13.6 Å². The van der Waals surface area contributed by atoms with Crippen molar-refractivity contribution in [3.05, 3.63) is 63.6 Å². The third kappa shape index (κ3) is 3.86. The average molecular weight is 356 g/mol. The highest BCUT2D eigenvalue weighted by atomic mass is 79.9. The molecule has 0 radical (unpaired) electrons. The Morgan fingerprint density at radius 3 is 2.24 bits per heavy atom. The van der Waals surface area contributed by atoms with Gasteiger partial charge in [0, 0.05) is 16.8 Å². The van der Waals surface area contributed by atoms with E-state index >= 15 is 0 Å². The van der Waals surface area contributed by atoms with Crippen LogP contribution in [0.15, 0.2) is 40.9 Å². The Hall–Kier alpha value is -1.79. The van der Waals surface area contributed by atoms with Crippen LogP contribution in [0, 0.1) is 11.6 Å². The Balaban J connectivity index is 2.18. The number of aliphatic hydroxyl groups is 1. The summed E-state index contributed by atoms with van der Waals surface area (Å²) in [7, 11) is 0. The largest absolute Gasteiger partial charge is 0.396 e. The van der Waals surface area contributed by atoms with E-state index in [4.69, 9.17) is 5.11 Å². The van der Waals surface area contributed by atoms with Crippen molar-refractivity contribution >= 4 is 27.5 Å². The first kappa shape index (κ1) is 15.6. The Morgan fingerprint density at radius 1 is 1.14 bits per heavy atom. The third-order valence-corrected chi connectivity index (χ3v) is 3.30. The van der Waals surface area contributed by atoms with E-state index in [1.54, 1.807) is 24.3 Å². The molecular weight excluding hydrogens is 344 g/mol. The van der Waals surface area contributed by atoms with E-state index in [0.29, 0.717) is 12.1 Å². The molecule has 0 aromatic heterocycles. The van der Waals surface area contributed by atoms with Gasteiger partial charge < -0.3 is 10.4 Å². The van der Waals surface area contributed by atoms with Crippen LogP contribution in [0.1, 0.15) is 15.9 Å². The minimum atomic E-state index is -0.934. The van der Waals surface area contributed by atoms with Crippen LogP contribution >= 0.6 is 15.9 Å². The molecule has 2 rings (SSSR count). The molecule has 0 heterocycles. The van der Waals surface area contributed by atoms with E-state index in [2.05, 4.69) is 21.2 Å². The number of aliphatic hydroxyl groups excluding tert-OH is 1. The monoisotopic (exact) mass is 355 g/mol. The zero-order valence-corrected chi connectivity index (χ0v) is 12.5. The molecule has 0 aliphatic carbocycles. The predicted molar refractivity (Wildman–Crippen MR) is 79.2 cm³/mol. The molecule has 6 heteroatoms. The van der Waals surface area contributed by atoms with Crippen molar-refractivity contribution in [2.75, 3.05) is 11.9 Å². The van der Waals surface area contributed by atoms with Gasteiger partial charge in [-0.05, 0) is 36.2 Å². The van der Waals surface area contributed by atoms with Crippen LogP contribution in [0.2, 0.25) is 0 Å². The van der Waals surface area contributed by atoms with Gasteiger partial charge in [0.2, 0.25) is 0 Å². The molecule has 21 heavy (non-hydrogen) atoms. The Labute approximate surface area is 128 Å². The molecule has 0 saturated heterocycles. The maximum absolute atomic E-state index is 13.7. The Bertz CT molecular complexity index is 636. The Morgan fingerprint density at radius 2 is 1.71 bits per heavy atom. The van der Waals surface area contributed by atoms with E-state index in [-0.39, 0.29) is 11.1 Å². The molecule has 0 fully saturated rings. The average Bonchev–Trinajstić information content (AvgIpc) is 2.40. The maximum atomic E-state index is 13.7. The SMILES string of the molecule is O=C(Nc1ccc(CCO)cc1)c1c(F)cc(Br)cc1F. The zero-order chi connectivity index (χ0) is 15.4. The molecule has 0 aliphatic rings. The van der Waals surface area contributed by atoms with Gasteiger partial charge >= 0.3 is 0 Å². The molecule has 0 saturated carbocycles. The number of benzene rings is 2. The minimum Gasteiger partial charge on any atom is -0.396 e. The number of rotatable bonds is 4. The summed E-state index contributed by atoms with van der Waals surface area (Å²) >= 11 is 2.95. The smallest absolute Gasteiger partial charge is 0.261 e. The summed E-state index contributed by atoms with van der Waals surface area (Å²) in [4.78, 5) is 11.9. The molecular formula is C15H12BrF2NO2. The fourth-order valence-corrected chi connectivity index (χ4v) is 2.24. The summed E-state index contributed by atoms with van der Waals surface area (Å²) in [6.45, 7) is 0.0288. The van der Waals surface area contributed by atoms with Gasteiger partial charge in [0.05, 0.1) is 0 Å². The highest BCUT2D eigenvalue weighted by Crippen LogP contribution is 2.21. The molecule has 2 N–H and O–H groups in total. The van der Waals surface area contributed by atoms with Gasteiger partial charge in [-0.15, -0.1) is 0 Å². The number of amides is 1. The molecule has 2 aromatic carbocycles. The molecule has 0 spiro atoms. The van der Waals surface area contributed by atoms with Crippen LogP contribution in [0.4, 0.5) is 14.5 Å². The highest BCUT2D eigenvalue weighted by molar-refractivity contribution is 9.10. The van der Waals surface area contributed by atoms with Crippen molar-refractivity contribution < 1.29 is 18.7 Å². The number of halogens is 3. The molecule has 3 nitrogen and oxygen atoms in total. The lowest BCUT2D eigenvalue weighted by molar-refractivity contribution is 0.101. The van der Waals surface area contributed by atoms with Crippen molar-refractivity contribution in [3.63, 3.8) is 0 Å². The van der Waals surface area contributed by atoms with Gasteiger partial charge in [-0.3, -0.25) is 4.79 Å². The van der Waals surface area contributed by atoms with Gasteiger partial charge in [0.25, 0.3) is 5.91 Å². The van der Waals surface area contributed by atoms with Crippen molar-refractivity contribution in [1.29, 1.82) is 0 Å². The van der Waals surface area contributed by atoms with Crippen LogP contribution in [-0.2, 0) is 6.42 Å². The van der Waals surface area contributed by atoms with Crippen LogP contribution in [0.25, 0.3) is 0 Å². The Kier molecular flexibility index (Phi) is 5.03. The number of carbonyl (C=O) groups excluding carboxylic acids is 1. The molecule has 0 aliphatic heterocycles. The number of nitrogens with one attached hydrogen (secondary N) is 1. The van der Waals surface area contributed by atoms with Crippen LogP contribution in [0.3, 0.4) is 0 Å². The van der Waals surface area contributed by atoms with Gasteiger partial charge in [-0.1, -0.05) is 28.1 Å². The summed E-state index contributed by atoms with van der Waals surface area (Å²) in [5, 5.41) is 11.2. The maximum Gasteiger partial charge on any atom is 0.261 e. The van der Waals surface area contributed by atoms with Crippen LogP contribution in [-0.4, -0.2) is 17.6 Å². The lowest BCUT2D eigenvalue weighted by atomic mass is 10.1. The summed E-state index contributed by atoms with van der Waals surface area (Å²) in [5.74, 6) is -2.72. The second kappa shape index (κ2) is 6.78. The lowest BCUT2D eigenvalue weighted by Gasteiger charge is -2.08. The lowest BCUT2D eigenvalue weighted by Crippen LogP contribution is -2.16. The van der Waals surface area contributed by atoms with Gasteiger partial charge in [-0.25, -0.2) is 8.78 Å². The summed E-state index contributed by atoms with van der Waals surface area (Å²) in [6.07, 6.45) is 0.504. The van der Waals surface area contributed by atoms with Gasteiger partial charge in [0.1, 0.15) is 17.2 Å². The normalized spacial score (nSPS) is 10.5. The summed E-state index contributed by atoms with van der Waals surface area (Å²) in [5.41, 5.74) is 0.692. The van der Waals surface area contributed by atoms with E-state index in [1.807, 2.05) is 0 Å². The van der Waals surface area contributed by atoms with Crippen molar-refractivity contribution in [3.8, 4) is 0 Å². The van der Waals surface area contributed by atoms with E-state index < -0.39 is 23.1 Å². The van der Waals surface area contributed by atoms with Crippen LogP contribution in [0.5, 0.6) is 0 Å². The standard InChI is InChI=1S/C15H12BrF2NO2/c16-10-7-12(17)14(13(18)8-10)15(21)19-11-3-1-9(2-4-11)5-6-20/h1-4,7-8,20H,5-6H2,(H,19,21). The third-order valence-electron chi connectivity index (χ3n) is 2.85. The van der Waals surface area contributed by atoms with E-state index in [1.165, 1.54) is 0 Å². The number of hydrogen-bond donors (Lipinski definition) is 2. The molecule has 2 aromatic rings. The second-order valence-electron chi connectivity index (χ2n) is 4.37. The van der Waals surface area contributed by atoms with Crippen molar-refractivity contribution in [2.45, 2.75) is 6.42 Å². The molecule has 1 amide bonds.